The van der Waals surface area contributed by atoms with Crippen molar-refractivity contribution in [1.82, 2.24) is 5.32 Å². The highest BCUT2D eigenvalue weighted by Gasteiger charge is 2.06. The van der Waals surface area contributed by atoms with Crippen LogP contribution in [0.25, 0.3) is 0 Å². The molecular weight excluding hydrogens is 220 g/mol. The van der Waals surface area contributed by atoms with Crippen molar-refractivity contribution in [3.8, 4) is 0 Å². The molecule has 0 heterocycles. The summed E-state index contributed by atoms with van der Waals surface area (Å²) >= 11 is 0. The second kappa shape index (κ2) is 9.12. The van der Waals surface area contributed by atoms with Gasteiger partial charge in [0.25, 0.3) is 0 Å². The van der Waals surface area contributed by atoms with Crippen molar-refractivity contribution in [2.75, 3.05) is 6.54 Å². The second-order valence-electron chi connectivity index (χ2n) is 4.85. The number of nitrogens with one attached hydrogen (secondary N) is 1. The Kier molecular flexibility index (Phi) is 7.70. The van der Waals surface area contributed by atoms with Crippen LogP contribution in [-0.2, 0) is 19.5 Å². The number of nitrogens with two attached hydrogens (primary N) is 1. The first-order chi connectivity index (χ1) is 8.83. The summed E-state index contributed by atoms with van der Waals surface area (Å²) in [4.78, 5) is 0. The molecule has 0 saturated carbocycles. The molecule has 2 heteroatoms. The minimum Gasteiger partial charge on any atom is -0.326 e. The van der Waals surface area contributed by atoms with Gasteiger partial charge in [0.1, 0.15) is 0 Å². The Morgan fingerprint density at radius 1 is 1.06 bits per heavy atom. The van der Waals surface area contributed by atoms with Crippen LogP contribution >= 0.6 is 0 Å². The third-order valence-corrected chi connectivity index (χ3v) is 3.44. The lowest BCUT2D eigenvalue weighted by Gasteiger charge is -2.14. The maximum absolute atomic E-state index is 5.86. The summed E-state index contributed by atoms with van der Waals surface area (Å²) in [5.41, 5.74) is 10.1. The van der Waals surface area contributed by atoms with Crippen LogP contribution in [0.2, 0.25) is 0 Å². The maximum atomic E-state index is 5.86. The van der Waals surface area contributed by atoms with E-state index in [1.807, 2.05) is 0 Å². The van der Waals surface area contributed by atoms with E-state index in [1.165, 1.54) is 48.8 Å². The highest BCUT2D eigenvalue weighted by molar-refractivity contribution is 5.35. The highest BCUT2D eigenvalue weighted by atomic mass is 14.8. The van der Waals surface area contributed by atoms with E-state index in [9.17, 15) is 0 Å². The Labute approximate surface area is 112 Å². The SMILES string of the molecule is CCCCCCc1c(CN)cccc1CNCC. The first-order valence-electron chi connectivity index (χ1n) is 7.33. The lowest BCUT2D eigenvalue weighted by Crippen LogP contribution is -2.15. The van der Waals surface area contributed by atoms with Gasteiger partial charge in [-0.2, -0.15) is 0 Å². The van der Waals surface area contributed by atoms with Crippen LogP contribution in [0.4, 0.5) is 0 Å². The molecule has 1 aromatic rings. The molecule has 2 nitrogen and oxygen atoms in total. The summed E-state index contributed by atoms with van der Waals surface area (Å²) in [6.07, 6.45) is 6.42. The van der Waals surface area contributed by atoms with Crippen molar-refractivity contribution in [2.24, 2.45) is 5.73 Å². The molecule has 1 rings (SSSR count). The molecule has 3 N–H and O–H groups in total. The number of hydrogen-bond donors (Lipinski definition) is 2. The van der Waals surface area contributed by atoms with Gasteiger partial charge in [0.2, 0.25) is 0 Å². The minimum atomic E-state index is 0.656. The van der Waals surface area contributed by atoms with Crippen molar-refractivity contribution < 1.29 is 0 Å². The van der Waals surface area contributed by atoms with E-state index in [1.54, 1.807) is 0 Å². The molecule has 0 amide bonds. The summed E-state index contributed by atoms with van der Waals surface area (Å²) in [7, 11) is 0. The molecule has 0 radical (unpaired) electrons. The molecular formula is C16H28N2. The van der Waals surface area contributed by atoms with E-state index in [-0.39, 0.29) is 0 Å². The molecule has 0 fully saturated rings. The molecule has 0 aliphatic heterocycles. The van der Waals surface area contributed by atoms with Gasteiger partial charge in [0.15, 0.2) is 0 Å². The largest absolute Gasteiger partial charge is 0.326 e. The summed E-state index contributed by atoms with van der Waals surface area (Å²) in [5, 5.41) is 3.42. The van der Waals surface area contributed by atoms with Crippen LogP contribution in [0.3, 0.4) is 0 Å². The molecule has 0 saturated heterocycles. The normalized spacial score (nSPS) is 10.8. The maximum Gasteiger partial charge on any atom is 0.0208 e. The van der Waals surface area contributed by atoms with Crippen LogP contribution in [0.15, 0.2) is 18.2 Å². The molecule has 0 aliphatic rings. The van der Waals surface area contributed by atoms with Crippen molar-refractivity contribution in [2.45, 2.75) is 59.0 Å². The molecule has 0 aromatic heterocycles. The monoisotopic (exact) mass is 248 g/mol. The van der Waals surface area contributed by atoms with Crippen LogP contribution in [-0.4, -0.2) is 6.54 Å². The van der Waals surface area contributed by atoms with Gasteiger partial charge in [0.05, 0.1) is 0 Å². The van der Waals surface area contributed by atoms with E-state index in [0.717, 1.165) is 13.1 Å². The van der Waals surface area contributed by atoms with Gasteiger partial charge in [-0.15, -0.1) is 0 Å². The standard InChI is InChI=1S/C16H28N2/c1-3-5-6-7-11-16-14(12-17)9-8-10-15(16)13-18-4-2/h8-10,18H,3-7,11-13,17H2,1-2H3. The molecule has 0 aliphatic carbocycles. The molecule has 102 valence electrons. The second-order valence-corrected chi connectivity index (χ2v) is 4.85. The fourth-order valence-corrected chi connectivity index (χ4v) is 2.35. The van der Waals surface area contributed by atoms with Crippen LogP contribution in [0.5, 0.6) is 0 Å². The first kappa shape index (κ1) is 15.2. The van der Waals surface area contributed by atoms with E-state index >= 15 is 0 Å². The van der Waals surface area contributed by atoms with E-state index in [2.05, 4.69) is 37.4 Å². The Balaban J connectivity index is 2.69. The van der Waals surface area contributed by atoms with Gasteiger partial charge in [-0.1, -0.05) is 51.3 Å². The quantitative estimate of drug-likeness (QED) is 0.658. The number of hydrogen-bond acceptors (Lipinski definition) is 2. The summed E-state index contributed by atoms with van der Waals surface area (Å²) in [5.74, 6) is 0. The van der Waals surface area contributed by atoms with E-state index in [0.29, 0.717) is 6.54 Å². The molecule has 0 bridgehead atoms. The van der Waals surface area contributed by atoms with Crippen molar-refractivity contribution in [3.05, 3.63) is 34.9 Å². The lowest BCUT2D eigenvalue weighted by molar-refractivity contribution is 0.655. The fourth-order valence-electron chi connectivity index (χ4n) is 2.35. The van der Waals surface area contributed by atoms with Crippen LogP contribution < -0.4 is 11.1 Å². The third-order valence-electron chi connectivity index (χ3n) is 3.44. The van der Waals surface area contributed by atoms with Crippen molar-refractivity contribution >= 4 is 0 Å². The molecule has 0 atom stereocenters. The zero-order chi connectivity index (χ0) is 13.2. The van der Waals surface area contributed by atoms with Gasteiger partial charge < -0.3 is 11.1 Å². The minimum absolute atomic E-state index is 0.656. The predicted molar refractivity (Wildman–Crippen MR) is 79.6 cm³/mol. The fraction of sp³-hybridized carbons (Fsp3) is 0.625. The number of unbranched alkanes of at least 4 members (excludes halogenated alkanes) is 3. The van der Waals surface area contributed by atoms with Gasteiger partial charge >= 0.3 is 0 Å². The van der Waals surface area contributed by atoms with Crippen LogP contribution in [0.1, 0.15) is 56.2 Å². The molecule has 18 heavy (non-hydrogen) atoms. The Hall–Kier alpha value is -0.860. The predicted octanol–water partition coefficient (Wildman–Crippen LogP) is 3.38. The van der Waals surface area contributed by atoms with Crippen LogP contribution in [0, 0.1) is 0 Å². The van der Waals surface area contributed by atoms with E-state index < -0.39 is 0 Å². The van der Waals surface area contributed by atoms with E-state index in [4.69, 9.17) is 5.73 Å². The smallest absolute Gasteiger partial charge is 0.0208 e. The Bertz CT molecular complexity index is 334. The van der Waals surface area contributed by atoms with Gasteiger partial charge in [0, 0.05) is 13.1 Å². The van der Waals surface area contributed by atoms with Crippen molar-refractivity contribution in [3.63, 3.8) is 0 Å². The number of rotatable bonds is 9. The zero-order valence-electron chi connectivity index (χ0n) is 12.0. The van der Waals surface area contributed by atoms with Gasteiger partial charge in [-0.3, -0.25) is 0 Å². The topological polar surface area (TPSA) is 38.0 Å². The molecule has 1 aromatic carbocycles. The van der Waals surface area contributed by atoms with Crippen molar-refractivity contribution in [1.29, 1.82) is 0 Å². The Morgan fingerprint density at radius 2 is 1.83 bits per heavy atom. The molecule has 0 spiro atoms. The van der Waals surface area contributed by atoms with Gasteiger partial charge in [-0.05, 0) is 36.1 Å². The zero-order valence-corrected chi connectivity index (χ0v) is 12.0. The summed E-state index contributed by atoms with van der Waals surface area (Å²) in [6.45, 7) is 7.04. The first-order valence-corrected chi connectivity index (χ1v) is 7.33. The summed E-state index contributed by atoms with van der Waals surface area (Å²) < 4.78 is 0. The number of benzene rings is 1. The summed E-state index contributed by atoms with van der Waals surface area (Å²) in [6, 6.07) is 6.53. The molecule has 0 unspecified atom stereocenters. The lowest BCUT2D eigenvalue weighted by atomic mass is 9.95. The average molecular weight is 248 g/mol. The highest BCUT2D eigenvalue weighted by Crippen LogP contribution is 2.18. The average Bonchev–Trinajstić information content (AvgIpc) is 2.41. The Morgan fingerprint density at radius 3 is 2.50 bits per heavy atom. The van der Waals surface area contributed by atoms with Gasteiger partial charge in [-0.25, -0.2) is 0 Å². The third kappa shape index (κ3) is 4.79.